The molecule has 0 saturated carbocycles. The van der Waals surface area contributed by atoms with Crippen LogP contribution in [0.25, 0.3) is 0 Å². The number of aryl methyl sites for hydroxylation is 1. The lowest BCUT2D eigenvalue weighted by molar-refractivity contribution is 0.125. The van der Waals surface area contributed by atoms with Crippen LogP contribution >= 0.6 is 0 Å². The molecule has 1 unspecified atom stereocenters. The van der Waals surface area contributed by atoms with Crippen molar-refractivity contribution in [3.05, 3.63) is 35.4 Å². The molecule has 21 heavy (non-hydrogen) atoms. The highest BCUT2D eigenvalue weighted by atomic mass is 32.2. The van der Waals surface area contributed by atoms with Gasteiger partial charge in [0, 0.05) is 32.7 Å². The molecule has 6 heteroatoms. The predicted molar refractivity (Wildman–Crippen MR) is 83.6 cm³/mol. The maximum atomic E-state index is 11.4. The van der Waals surface area contributed by atoms with Gasteiger partial charge in [0.1, 0.15) is 0 Å². The Morgan fingerprint density at radius 3 is 2.24 bits per heavy atom. The third-order valence-corrected chi connectivity index (χ3v) is 5.28. The minimum Gasteiger partial charge on any atom is -0.388 e. The third kappa shape index (κ3) is 4.78. The highest BCUT2D eigenvalue weighted by Gasteiger charge is 2.23. The Hall–Kier alpha value is -0.950. The summed E-state index contributed by atoms with van der Waals surface area (Å²) in [5.74, 6) is 0. The maximum Gasteiger partial charge on any atom is 0.211 e. The number of sulfonamides is 1. The number of hydrogen-bond acceptors (Lipinski definition) is 4. The van der Waals surface area contributed by atoms with Crippen molar-refractivity contribution in [2.75, 3.05) is 39.0 Å². The molecule has 118 valence electrons. The van der Waals surface area contributed by atoms with E-state index in [0.717, 1.165) is 25.2 Å². The van der Waals surface area contributed by atoms with Crippen molar-refractivity contribution in [2.45, 2.75) is 19.4 Å². The van der Waals surface area contributed by atoms with Gasteiger partial charge in [-0.25, -0.2) is 8.42 Å². The Balaban J connectivity index is 1.78. The van der Waals surface area contributed by atoms with Gasteiger partial charge in [-0.2, -0.15) is 4.31 Å². The highest BCUT2D eigenvalue weighted by molar-refractivity contribution is 7.88. The summed E-state index contributed by atoms with van der Waals surface area (Å²) >= 11 is 0. The van der Waals surface area contributed by atoms with E-state index in [1.54, 1.807) is 0 Å². The van der Waals surface area contributed by atoms with E-state index in [-0.39, 0.29) is 0 Å². The minimum absolute atomic E-state index is 0.460. The fraction of sp³-hybridized carbons (Fsp3) is 0.600. The van der Waals surface area contributed by atoms with E-state index < -0.39 is 16.1 Å². The molecular formula is C15H24N2O3S. The molecule has 0 bridgehead atoms. The first-order chi connectivity index (χ1) is 9.86. The summed E-state index contributed by atoms with van der Waals surface area (Å²) in [5, 5.41) is 10.2. The van der Waals surface area contributed by atoms with E-state index in [9.17, 15) is 13.5 Å². The SMILES string of the molecule is Cc1ccc(C(O)CCN2CCN(S(C)(=O)=O)CC2)cc1. The van der Waals surface area contributed by atoms with Crippen LogP contribution in [0.3, 0.4) is 0 Å². The molecule has 1 saturated heterocycles. The number of aliphatic hydroxyl groups excluding tert-OH is 1. The Bertz CT molecular complexity index is 549. The lowest BCUT2D eigenvalue weighted by Crippen LogP contribution is -2.48. The molecule has 1 aliphatic heterocycles. The van der Waals surface area contributed by atoms with Crippen molar-refractivity contribution < 1.29 is 13.5 Å². The van der Waals surface area contributed by atoms with Crippen molar-refractivity contribution >= 4 is 10.0 Å². The number of piperazine rings is 1. The lowest BCUT2D eigenvalue weighted by atomic mass is 10.0. The Morgan fingerprint density at radius 1 is 1.14 bits per heavy atom. The van der Waals surface area contributed by atoms with E-state index in [1.165, 1.54) is 16.1 Å². The van der Waals surface area contributed by atoms with E-state index in [0.29, 0.717) is 19.5 Å². The van der Waals surface area contributed by atoms with Crippen LogP contribution in [0.15, 0.2) is 24.3 Å². The Morgan fingerprint density at radius 2 is 1.71 bits per heavy atom. The van der Waals surface area contributed by atoms with Crippen LogP contribution in [0.1, 0.15) is 23.7 Å². The van der Waals surface area contributed by atoms with Gasteiger partial charge in [0.25, 0.3) is 0 Å². The van der Waals surface area contributed by atoms with Crippen molar-refractivity contribution in [3.63, 3.8) is 0 Å². The maximum absolute atomic E-state index is 11.4. The van der Waals surface area contributed by atoms with Crippen molar-refractivity contribution in [1.29, 1.82) is 0 Å². The first kappa shape index (κ1) is 16.4. The van der Waals surface area contributed by atoms with Crippen molar-refractivity contribution in [1.82, 2.24) is 9.21 Å². The standard InChI is InChI=1S/C15H24N2O3S/c1-13-3-5-14(6-4-13)15(18)7-8-16-9-11-17(12-10-16)21(2,19)20/h3-6,15,18H,7-12H2,1-2H3. The average molecular weight is 312 g/mol. The summed E-state index contributed by atoms with van der Waals surface area (Å²) in [7, 11) is -3.07. The average Bonchev–Trinajstić information content (AvgIpc) is 2.45. The molecule has 0 spiro atoms. The fourth-order valence-electron chi connectivity index (χ4n) is 2.54. The molecule has 1 heterocycles. The Kier molecular flexibility index (Phi) is 5.37. The summed E-state index contributed by atoms with van der Waals surface area (Å²) in [6, 6.07) is 7.93. The van der Waals surface area contributed by atoms with Gasteiger partial charge in [-0.1, -0.05) is 29.8 Å². The first-order valence-corrected chi connectivity index (χ1v) is 9.13. The molecule has 1 aromatic rings. The minimum atomic E-state index is -3.07. The molecule has 1 atom stereocenters. The first-order valence-electron chi connectivity index (χ1n) is 7.28. The number of aliphatic hydroxyl groups is 1. The second-order valence-electron chi connectivity index (χ2n) is 5.72. The summed E-state index contributed by atoms with van der Waals surface area (Å²) in [4.78, 5) is 2.21. The van der Waals surface area contributed by atoms with Gasteiger partial charge in [-0.15, -0.1) is 0 Å². The molecule has 1 aliphatic rings. The summed E-state index contributed by atoms with van der Waals surface area (Å²) < 4.78 is 24.4. The Labute approximate surface area is 127 Å². The lowest BCUT2D eigenvalue weighted by Gasteiger charge is -2.33. The van der Waals surface area contributed by atoms with Crippen LogP contribution in [0.4, 0.5) is 0 Å². The number of hydrogen-bond donors (Lipinski definition) is 1. The molecule has 0 radical (unpaired) electrons. The third-order valence-electron chi connectivity index (χ3n) is 3.98. The zero-order chi connectivity index (χ0) is 15.5. The van der Waals surface area contributed by atoms with Crippen LogP contribution < -0.4 is 0 Å². The zero-order valence-electron chi connectivity index (χ0n) is 12.7. The molecule has 1 aromatic carbocycles. The topological polar surface area (TPSA) is 60.9 Å². The molecule has 0 amide bonds. The van der Waals surface area contributed by atoms with Gasteiger partial charge in [0.15, 0.2) is 0 Å². The molecule has 1 N–H and O–H groups in total. The van der Waals surface area contributed by atoms with Gasteiger partial charge in [-0.05, 0) is 18.9 Å². The molecule has 5 nitrogen and oxygen atoms in total. The predicted octanol–water partition coefficient (Wildman–Crippen LogP) is 0.996. The highest BCUT2D eigenvalue weighted by Crippen LogP contribution is 2.18. The number of benzene rings is 1. The van der Waals surface area contributed by atoms with E-state index in [2.05, 4.69) is 4.90 Å². The van der Waals surface area contributed by atoms with Gasteiger partial charge in [0.05, 0.1) is 12.4 Å². The van der Waals surface area contributed by atoms with Crippen LogP contribution in [0.5, 0.6) is 0 Å². The smallest absolute Gasteiger partial charge is 0.211 e. The largest absolute Gasteiger partial charge is 0.388 e. The van der Waals surface area contributed by atoms with Gasteiger partial charge in [-0.3, -0.25) is 0 Å². The van der Waals surface area contributed by atoms with Gasteiger partial charge >= 0.3 is 0 Å². The van der Waals surface area contributed by atoms with Crippen LogP contribution in [0.2, 0.25) is 0 Å². The van der Waals surface area contributed by atoms with Gasteiger partial charge in [0.2, 0.25) is 10.0 Å². The van der Waals surface area contributed by atoms with Crippen LogP contribution in [-0.4, -0.2) is 61.7 Å². The van der Waals surface area contributed by atoms with E-state index in [4.69, 9.17) is 0 Å². The molecule has 2 rings (SSSR count). The van der Waals surface area contributed by atoms with Crippen molar-refractivity contribution in [3.8, 4) is 0 Å². The summed E-state index contributed by atoms with van der Waals surface area (Å²) in [6.07, 6.45) is 1.46. The normalized spacial score (nSPS) is 19.6. The van der Waals surface area contributed by atoms with Crippen LogP contribution in [-0.2, 0) is 10.0 Å². The fourth-order valence-corrected chi connectivity index (χ4v) is 3.37. The van der Waals surface area contributed by atoms with E-state index >= 15 is 0 Å². The van der Waals surface area contributed by atoms with Gasteiger partial charge < -0.3 is 10.0 Å². The summed E-state index contributed by atoms with van der Waals surface area (Å²) in [6.45, 7) is 5.35. The molecule has 0 aromatic heterocycles. The summed E-state index contributed by atoms with van der Waals surface area (Å²) in [5.41, 5.74) is 2.12. The molecule has 1 fully saturated rings. The number of nitrogens with zero attached hydrogens (tertiary/aromatic N) is 2. The molecular weight excluding hydrogens is 288 g/mol. The van der Waals surface area contributed by atoms with Crippen molar-refractivity contribution in [2.24, 2.45) is 0 Å². The van der Waals surface area contributed by atoms with E-state index in [1.807, 2.05) is 31.2 Å². The quantitative estimate of drug-likeness (QED) is 0.881. The monoisotopic (exact) mass is 312 g/mol. The second kappa shape index (κ2) is 6.87. The van der Waals surface area contributed by atoms with Crippen LogP contribution in [0, 0.1) is 6.92 Å². The number of rotatable bonds is 5. The zero-order valence-corrected chi connectivity index (χ0v) is 13.5. The second-order valence-corrected chi connectivity index (χ2v) is 7.70. The molecule has 0 aliphatic carbocycles.